The normalized spacial score (nSPS) is 15.7. The number of carbonyl (C=O) groups is 3. The average molecular weight is 631 g/mol. The van der Waals surface area contributed by atoms with E-state index in [1.807, 2.05) is 0 Å². The summed E-state index contributed by atoms with van der Waals surface area (Å²) in [5, 5.41) is 23.9. The van der Waals surface area contributed by atoms with Crippen LogP contribution < -0.4 is 5.32 Å². The molecule has 1 aliphatic heterocycles. The Morgan fingerprint density at radius 3 is 2.60 bits per heavy atom. The standard InChI is InChI=1S/C29H24Cl2N2O8S/c1-42(39,40)18-4-2-3-15(11-18)12-22(29(37)38)32-26(34)24-21(30)14-20-19(25(24)31)7-9-33(28(20)36)27(35)17-6-5-16-8-10-41-23(16)13-17/h2-6,8,10-11,13-14,22,28,36H,7,9,12H2,1H3,(H,32,34)(H,37,38)/t22-,28?/m0/s1. The number of halogens is 2. The van der Waals surface area contributed by atoms with Crippen molar-refractivity contribution in [2.75, 3.05) is 12.8 Å². The third-order valence-electron chi connectivity index (χ3n) is 7.09. The van der Waals surface area contributed by atoms with Crippen molar-refractivity contribution in [3.8, 4) is 0 Å². The minimum absolute atomic E-state index is 0.0174. The first-order valence-electron chi connectivity index (χ1n) is 12.6. The molecule has 3 aromatic carbocycles. The second kappa shape index (κ2) is 11.4. The molecular weight excluding hydrogens is 607 g/mol. The van der Waals surface area contributed by atoms with Gasteiger partial charge in [0.2, 0.25) is 0 Å². The van der Waals surface area contributed by atoms with Crippen LogP contribution >= 0.6 is 23.2 Å². The molecular formula is C29H24Cl2N2O8S. The van der Waals surface area contributed by atoms with Gasteiger partial charge in [-0.15, -0.1) is 0 Å². The van der Waals surface area contributed by atoms with Crippen LogP contribution in [0, 0.1) is 0 Å². The van der Waals surface area contributed by atoms with Gasteiger partial charge in [-0.25, -0.2) is 13.2 Å². The van der Waals surface area contributed by atoms with Crippen LogP contribution in [-0.2, 0) is 27.5 Å². The highest BCUT2D eigenvalue weighted by atomic mass is 35.5. The Morgan fingerprint density at radius 2 is 1.88 bits per heavy atom. The summed E-state index contributed by atoms with van der Waals surface area (Å²) < 4.78 is 29.2. The number of hydrogen-bond acceptors (Lipinski definition) is 7. The molecule has 0 saturated heterocycles. The number of aliphatic hydroxyl groups excluding tert-OH is 1. The summed E-state index contributed by atoms with van der Waals surface area (Å²) in [6, 6.07) is 12.4. The van der Waals surface area contributed by atoms with E-state index in [4.69, 9.17) is 27.6 Å². The third-order valence-corrected chi connectivity index (χ3v) is 8.92. The smallest absolute Gasteiger partial charge is 0.326 e. The SMILES string of the molecule is CS(=O)(=O)c1cccc(C[C@H](NC(=O)c2c(Cl)cc3c(c2Cl)CCN(C(=O)c2ccc4ccoc4c2)C3O)C(=O)O)c1. The van der Waals surface area contributed by atoms with Gasteiger partial charge in [0.1, 0.15) is 11.6 Å². The number of nitrogens with zero attached hydrogens (tertiary/aromatic N) is 1. The van der Waals surface area contributed by atoms with Gasteiger partial charge in [-0.05, 0) is 53.9 Å². The van der Waals surface area contributed by atoms with Crippen LogP contribution in [0.3, 0.4) is 0 Å². The number of hydrogen-bond donors (Lipinski definition) is 3. The number of fused-ring (bicyclic) bond motifs is 2. The summed E-state index contributed by atoms with van der Waals surface area (Å²) in [5.41, 5.74) is 1.69. The molecule has 2 amide bonds. The van der Waals surface area contributed by atoms with Gasteiger partial charge in [-0.3, -0.25) is 9.59 Å². The van der Waals surface area contributed by atoms with Crippen LogP contribution in [0.4, 0.5) is 0 Å². The van der Waals surface area contributed by atoms with E-state index in [1.165, 1.54) is 35.4 Å². The lowest BCUT2D eigenvalue weighted by Gasteiger charge is -2.35. The van der Waals surface area contributed by atoms with Crippen molar-refractivity contribution in [1.29, 1.82) is 0 Å². The van der Waals surface area contributed by atoms with E-state index in [2.05, 4.69) is 5.32 Å². The second-order valence-electron chi connectivity index (χ2n) is 9.90. The Balaban J connectivity index is 1.38. The van der Waals surface area contributed by atoms with Crippen molar-refractivity contribution >= 4 is 61.8 Å². The number of aliphatic carboxylic acids is 1. The molecule has 1 aliphatic rings. The zero-order chi connectivity index (χ0) is 30.3. The zero-order valence-corrected chi connectivity index (χ0v) is 24.3. The van der Waals surface area contributed by atoms with Gasteiger partial charge in [0.15, 0.2) is 16.1 Å². The van der Waals surface area contributed by atoms with Crippen molar-refractivity contribution in [3.63, 3.8) is 0 Å². The molecule has 0 radical (unpaired) electrons. The highest BCUT2D eigenvalue weighted by molar-refractivity contribution is 7.90. The number of carboxylic acids is 1. The van der Waals surface area contributed by atoms with Gasteiger partial charge in [0.05, 0.1) is 26.8 Å². The van der Waals surface area contributed by atoms with E-state index in [1.54, 1.807) is 30.3 Å². The van der Waals surface area contributed by atoms with Gasteiger partial charge >= 0.3 is 5.97 Å². The summed E-state index contributed by atoms with van der Waals surface area (Å²) in [5.74, 6) is -2.65. The largest absolute Gasteiger partial charge is 0.480 e. The van der Waals surface area contributed by atoms with E-state index in [0.717, 1.165) is 11.6 Å². The quantitative estimate of drug-likeness (QED) is 0.274. The molecule has 2 heterocycles. The van der Waals surface area contributed by atoms with Gasteiger partial charge in [0, 0.05) is 35.7 Å². The van der Waals surface area contributed by atoms with Gasteiger partial charge in [0.25, 0.3) is 11.8 Å². The summed E-state index contributed by atoms with van der Waals surface area (Å²) in [6.45, 7) is 0.0834. The summed E-state index contributed by atoms with van der Waals surface area (Å²) in [6.07, 6.45) is 1.13. The molecule has 0 fully saturated rings. The van der Waals surface area contributed by atoms with E-state index in [0.29, 0.717) is 22.3 Å². The maximum atomic E-state index is 13.3. The van der Waals surface area contributed by atoms with E-state index >= 15 is 0 Å². The summed E-state index contributed by atoms with van der Waals surface area (Å²) >= 11 is 13.0. The predicted octanol–water partition coefficient (Wildman–Crippen LogP) is 4.26. The topological polar surface area (TPSA) is 154 Å². The first-order valence-corrected chi connectivity index (χ1v) is 15.3. The molecule has 10 nitrogen and oxygen atoms in total. The monoisotopic (exact) mass is 630 g/mol. The van der Waals surface area contributed by atoms with Gasteiger partial charge in [-0.2, -0.15) is 0 Å². The van der Waals surface area contributed by atoms with Crippen molar-refractivity contribution < 1.29 is 37.4 Å². The number of furan rings is 1. The van der Waals surface area contributed by atoms with Crippen LogP contribution in [-0.4, -0.2) is 60.2 Å². The molecule has 0 aliphatic carbocycles. The lowest BCUT2D eigenvalue weighted by Crippen LogP contribution is -2.43. The van der Waals surface area contributed by atoms with Crippen LogP contribution in [0.5, 0.6) is 0 Å². The number of rotatable bonds is 7. The van der Waals surface area contributed by atoms with Crippen LogP contribution in [0.2, 0.25) is 10.0 Å². The average Bonchev–Trinajstić information content (AvgIpc) is 3.41. The fraction of sp³-hybridized carbons (Fsp3) is 0.207. The number of aliphatic hydroxyl groups is 1. The summed E-state index contributed by atoms with van der Waals surface area (Å²) in [7, 11) is -3.52. The number of nitrogens with one attached hydrogen (secondary N) is 1. The molecule has 0 bridgehead atoms. The maximum Gasteiger partial charge on any atom is 0.326 e. The molecule has 13 heteroatoms. The summed E-state index contributed by atoms with van der Waals surface area (Å²) in [4.78, 5) is 39.8. The Morgan fingerprint density at radius 1 is 1.12 bits per heavy atom. The maximum absolute atomic E-state index is 13.3. The van der Waals surface area contributed by atoms with Crippen molar-refractivity contribution in [3.05, 3.63) is 98.7 Å². The molecule has 4 aromatic rings. The molecule has 0 saturated carbocycles. The van der Waals surface area contributed by atoms with Gasteiger partial charge < -0.3 is 24.8 Å². The lowest BCUT2D eigenvalue weighted by atomic mass is 9.94. The molecule has 1 unspecified atom stereocenters. The molecule has 2 atom stereocenters. The Labute approximate surface area is 250 Å². The Kier molecular flexibility index (Phi) is 8.04. The Hall–Kier alpha value is -3.90. The van der Waals surface area contributed by atoms with Crippen molar-refractivity contribution in [1.82, 2.24) is 10.2 Å². The van der Waals surface area contributed by atoms with Crippen molar-refractivity contribution in [2.45, 2.75) is 30.0 Å². The number of carboxylic acid groups (broad SMARTS) is 1. The lowest BCUT2D eigenvalue weighted by molar-refractivity contribution is -0.139. The minimum atomic E-state index is -3.52. The van der Waals surface area contributed by atoms with Gasteiger partial charge in [-0.1, -0.05) is 41.4 Å². The van der Waals surface area contributed by atoms with E-state index < -0.39 is 39.9 Å². The van der Waals surface area contributed by atoms with Crippen LogP contribution in [0.25, 0.3) is 11.0 Å². The number of sulfone groups is 1. The van der Waals surface area contributed by atoms with Crippen molar-refractivity contribution in [2.24, 2.45) is 0 Å². The molecule has 1 aromatic heterocycles. The van der Waals surface area contributed by atoms with Crippen LogP contribution in [0.15, 0.2) is 70.2 Å². The zero-order valence-electron chi connectivity index (χ0n) is 22.0. The number of carbonyl (C=O) groups excluding carboxylic acids is 2. The fourth-order valence-corrected chi connectivity index (χ4v) is 6.36. The highest BCUT2D eigenvalue weighted by Gasteiger charge is 2.34. The molecule has 3 N–H and O–H groups in total. The minimum Gasteiger partial charge on any atom is -0.480 e. The third kappa shape index (κ3) is 5.73. The molecule has 5 rings (SSSR count). The molecule has 42 heavy (non-hydrogen) atoms. The number of benzene rings is 3. The Bertz CT molecular complexity index is 1850. The molecule has 218 valence electrons. The first kappa shape index (κ1) is 29.6. The van der Waals surface area contributed by atoms with E-state index in [9.17, 15) is 33.0 Å². The van der Waals surface area contributed by atoms with Crippen LogP contribution in [0.1, 0.15) is 43.6 Å². The molecule has 0 spiro atoms. The predicted molar refractivity (Wildman–Crippen MR) is 155 cm³/mol. The number of amides is 2. The highest BCUT2D eigenvalue weighted by Crippen LogP contribution is 2.39. The first-order chi connectivity index (χ1) is 19.8. The van der Waals surface area contributed by atoms with E-state index in [-0.39, 0.29) is 45.5 Å². The second-order valence-corrected chi connectivity index (χ2v) is 12.7. The fourth-order valence-electron chi connectivity index (χ4n) is 4.93.